The summed E-state index contributed by atoms with van der Waals surface area (Å²) in [5, 5.41) is 49.8. The number of aliphatic hydroxyl groups excluding tert-OH is 2. The van der Waals surface area contributed by atoms with E-state index in [1.807, 2.05) is 0 Å². The van der Waals surface area contributed by atoms with E-state index < -0.39 is 146 Å². The number of nitrogens with two attached hydrogens (primary N) is 2. The molecule has 1 aliphatic heterocycles. The molecule has 10 atom stereocenters. The molecule has 3 heterocycles. The van der Waals surface area contributed by atoms with Crippen molar-refractivity contribution in [3.05, 3.63) is 72.3 Å². The maximum Gasteiger partial charge on any atom is 0.470 e. The number of nitrogens with one attached hydrogen (secondary N) is 4. The van der Waals surface area contributed by atoms with Gasteiger partial charge in [-0.15, -0.1) is 0 Å². The zero-order chi connectivity index (χ0) is 58.8. The van der Waals surface area contributed by atoms with Crippen molar-refractivity contribution in [2.45, 2.75) is 69.0 Å². The van der Waals surface area contributed by atoms with Gasteiger partial charge in [-0.25, -0.2) is 33.2 Å². The number of aliphatic hydroxyl groups is 2. The summed E-state index contributed by atoms with van der Waals surface area (Å²) in [6.45, 7) is -1.62. The number of amides is 4. The predicted molar refractivity (Wildman–Crippen MR) is 270 cm³/mol. The second-order valence-electron chi connectivity index (χ2n) is 17.6. The second kappa shape index (κ2) is 26.9. The number of phosphoric ester groups is 2. The van der Waals surface area contributed by atoms with E-state index in [9.17, 15) is 92.0 Å². The van der Waals surface area contributed by atoms with Crippen LogP contribution in [0.1, 0.15) is 49.7 Å². The minimum atomic E-state index is -5.81. The lowest BCUT2D eigenvalue weighted by Gasteiger charge is -2.30. The Morgan fingerprint density at radius 1 is 0.797 bits per heavy atom. The van der Waals surface area contributed by atoms with Gasteiger partial charge in [0.15, 0.2) is 17.7 Å². The van der Waals surface area contributed by atoms with Crippen molar-refractivity contribution in [2.75, 3.05) is 44.4 Å². The van der Waals surface area contributed by atoms with Gasteiger partial charge in [0.05, 0.1) is 26.1 Å². The van der Waals surface area contributed by atoms with Crippen molar-refractivity contribution in [1.29, 1.82) is 0 Å². The molecule has 0 radical (unpaired) electrons. The van der Waals surface area contributed by atoms with Gasteiger partial charge in [-0.05, 0) is 35.4 Å². The summed E-state index contributed by atoms with van der Waals surface area (Å²) in [6, 6.07) is 5.22. The fourth-order valence-corrected chi connectivity index (χ4v) is 11.0. The second-order valence-corrected chi connectivity index (χ2v) is 26.7. The number of aromatic nitrogens is 4. The van der Waals surface area contributed by atoms with Crippen LogP contribution < -0.4 is 32.7 Å². The number of carbonyl (C=O) groups is 5. The molecule has 34 nitrogen and oxygen atoms in total. The summed E-state index contributed by atoms with van der Waals surface area (Å²) in [5.41, 5.74) is 10.3. The van der Waals surface area contributed by atoms with Gasteiger partial charge < -0.3 is 87.3 Å². The SMILES string of the molecule is CC(C)(COP(=O)(O)P(=O)(O)OC[C@H]1O[C@@H](n2cnc3c(N)ncnc32)[C@H](O)[C@@H]1OP(=O)(O)O)[C@@H](O)C(=O)NCCC(=O)NCCSC(=O)[C@@H](NC(=O)[C@H](COP(=O)(O)O)NC(=O)[C@H](N)c1ccc(O)cc1)c1ccc(O)cc1. The molecule has 1 saturated heterocycles. The summed E-state index contributed by atoms with van der Waals surface area (Å²) in [5.74, 6) is -4.55. The average Bonchev–Trinajstić information content (AvgIpc) is 4.04. The number of nitrogen functional groups attached to an aromatic ring is 1. The molecule has 39 heteroatoms. The van der Waals surface area contributed by atoms with Crippen molar-refractivity contribution in [3.63, 3.8) is 0 Å². The predicted octanol–water partition coefficient (Wildman–Crippen LogP) is -1.70. The van der Waals surface area contributed by atoms with Crippen LogP contribution in [0.3, 0.4) is 0 Å². The normalized spacial score (nSPS) is 20.0. The molecule has 0 bridgehead atoms. The van der Waals surface area contributed by atoms with Crippen molar-refractivity contribution in [1.82, 2.24) is 40.8 Å². The van der Waals surface area contributed by atoms with Crippen LogP contribution in [0.5, 0.6) is 11.5 Å². The van der Waals surface area contributed by atoms with E-state index in [1.165, 1.54) is 48.5 Å². The van der Waals surface area contributed by atoms with Crippen LogP contribution in [0, 0.1) is 5.41 Å². The first-order valence-electron chi connectivity index (χ1n) is 22.7. The van der Waals surface area contributed by atoms with Gasteiger partial charge in [0.25, 0.3) is 0 Å². The minimum Gasteiger partial charge on any atom is -0.508 e. The highest BCUT2D eigenvalue weighted by Crippen LogP contribution is 2.78. The third-order valence-corrected chi connectivity index (χ3v) is 17.3. The zero-order valence-corrected chi connectivity index (χ0v) is 45.6. The summed E-state index contributed by atoms with van der Waals surface area (Å²) >= 11 is 0.604. The molecule has 4 amide bonds. The quantitative estimate of drug-likeness (QED) is 0.0222. The molecule has 0 saturated carbocycles. The van der Waals surface area contributed by atoms with Crippen LogP contribution in [0.4, 0.5) is 5.82 Å². The Labute approximate surface area is 450 Å². The van der Waals surface area contributed by atoms with E-state index in [-0.39, 0.29) is 51.9 Å². The number of thioether (sulfide) groups is 1. The highest BCUT2D eigenvalue weighted by Gasteiger charge is 2.53. The fraction of sp³-hybridized carbons (Fsp3) is 0.450. The van der Waals surface area contributed by atoms with Crippen LogP contribution in [0.15, 0.2) is 61.2 Å². The number of benzene rings is 2. The number of hydrogen-bond donors (Lipinski definition) is 16. The molecule has 2 aromatic heterocycles. The molecule has 0 spiro atoms. The lowest BCUT2D eigenvalue weighted by atomic mass is 9.87. The largest absolute Gasteiger partial charge is 0.508 e. The van der Waals surface area contributed by atoms with Crippen molar-refractivity contribution < 1.29 is 115 Å². The van der Waals surface area contributed by atoms with Gasteiger partial charge >= 0.3 is 30.2 Å². The molecule has 1 aliphatic rings. The number of anilines is 1. The third-order valence-electron chi connectivity index (χ3n) is 11.2. The number of fused-ring (bicyclic) bond motifs is 1. The Morgan fingerprint density at radius 3 is 2.01 bits per heavy atom. The van der Waals surface area contributed by atoms with E-state index >= 15 is 0 Å². The Hall–Kier alpha value is -5.35. The van der Waals surface area contributed by atoms with Crippen molar-refractivity contribution in [3.8, 4) is 11.5 Å². The van der Waals surface area contributed by atoms with Crippen LogP contribution in [0.2, 0.25) is 0 Å². The minimum absolute atomic E-state index is 0.0159. The number of aromatic hydroxyl groups is 2. The standard InChI is InChI=1S/C40H56N10O24P4S/c1-40(2,17-72-78(68,69)77(66,67)71-16-25-31(74-76(63,64)65)30(54)38(73-25)50-19-47-29-33(42)45-18-46-34(29)50)32(55)37(58)44-12-11-26(53)43-13-14-79-39(59)28(21-5-9-23(52)10-6-21)49-35(56)24(15-70-75(60,61)62)48-36(57)27(41)20-3-7-22(51)8-4-20/h3-10,18-19,24-25,27-28,30-32,38,51-52,54-55H,11-17,41H2,1-2H3,(H,43,53)(H,44,58)(H,48,57)(H,49,56)(H,66,67)(H,68,69)(H2,42,45,46)(H2,60,61,62)(H2,63,64,65)/t24-,25+,27+,28-,30+,31+,32-,38+/m0/s1. The number of rotatable bonds is 28. The summed E-state index contributed by atoms with van der Waals surface area (Å²) in [7, 11) is -22.2. The molecule has 436 valence electrons. The van der Waals surface area contributed by atoms with E-state index in [2.05, 4.69) is 45.3 Å². The lowest BCUT2D eigenvalue weighted by Crippen LogP contribution is -2.52. The van der Waals surface area contributed by atoms with E-state index in [0.29, 0.717) is 11.8 Å². The van der Waals surface area contributed by atoms with Gasteiger partial charge in [0.1, 0.15) is 65.9 Å². The number of hydrogen-bond acceptors (Lipinski definition) is 24. The first-order chi connectivity index (χ1) is 36.7. The maximum atomic E-state index is 13.6. The third kappa shape index (κ3) is 18.1. The Morgan fingerprint density at radius 2 is 1.41 bits per heavy atom. The van der Waals surface area contributed by atoms with Crippen molar-refractivity contribution in [2.24, 2.45) is 11.1 Å². The highest BCUT2D eigenvalue weighted by molar-refractivity contribution is 8.26. The van der Waals surface area contributed by atoms with Crippen molar-refractivity contribution >= 4 is 87.7 Å². The van der Waals surface area contributed by atoms with E-state index in [1.54, 1.807) is 0 Å². The maximum absolute atomic E-state index is 13.6. The van der Waals surface area contributed by atoms with Crippen LogP contribution in [-0.2, 0) is 65.1 Å². The van der Waals surface area contributed by atoms with E-state index in [4.69, 9.17) is 25.3 Å². The van der Waals surface area contributed by atoms with Gasteiger partial charge in [0, 0.05) is 30.7 Å². The molecule has 2 unspecified atom stereocenters. The first kappa shape index (κ1) is 64.5. The topological polar surface area (TPSA) is 546 Å². The van der Waals surface area contributed by atoms with Gasteiger partial charge in [-0.3, -0.25) is 46.6 Å². The molecule has 79 heavy (non-hydrogen) atoms. The Balaban J connectivity index is 1.09. The molecular weight excluding hydrogens is 1160 g/mol. The van der Waals surface area contributed by atoms with Crippen LogP contribution in [-0.4, -0.2) is 167 Å². The molecular formula is C40H56N10O24P4S. The molecule has 2 aromatic carbocycles. The highest BCUT2D eigenvalue weighted by atomic mass is 32.2. The lowest BCUT2D eigenvalue weighted by molar-refractivity contribution is -0.136. The molecule has 0 aliphatic carbocycles. The Kier molecular flexibility index (Phi) is 22.0. The zero-order valence-electron chi connectivity index (χ0n) is 41.2. The number of ether oxygens (including phenoxy) is 1. The average molecular weight is 1220 g/mol. The number of carbonyl (C=O) groups excluding carboxylic acids is 5. The first-order valence-corrected chi connectivity index (χ1v) is 30.6. The van der Waals surface area contributed by atoms with Crippen LogP contribution in [0.25, 0.3) is 11.2 Å². The summed E-state index contributed by atoms with van der Waals surface area (Å²) < 4.78 is 75.0. The number of nitrogens with zero attached hydrogens (tertiary/aromatic N) is 4. The monoisotopic (exact) mass is 1220 g/mol. The van der Waals surface area contributed by atoms with Gasteiger partial charge in [0.2, 0.25) is 28.7 Å². The fourth-order valence-electron chi connectivity index (χ4n) is 6.98. The van der Waals surface area contributed by atoms with E-state index in [0.717, 1.165) is 31.1 Å². The summed E-state index contributed by atoms with van der Waals surface area (Å²) in [6.07, 6.45) is -7.70. The summed E-state index contributed by atoms with van der Waals surface area (Å²) in [4.78, 5) is 136. The molecule has 4 aromatic rings. The van der Waals surface area contributed by atoms with Crippen LogP contribution >= 0.6 is 42.0 Å². The smallest absolute Gasteiger partial charge is 0.470 e. The van der Waals surface area contributed by atoms with Gasteiger partial charge in [-0.1, -0.05) is 49.9 Å². The number of phenolic OH excluding ortho intramolecular Hbond substituents is 2. The molecule has 5 rings (SSSR count). The molecule has 1 fully saturated rings. The number of imidazole rings is 1. The number of phenols is 2. The Bertz CT molecular complexity index is 3020. The molecule has 18 N–H and O–H groups in total. The number of phosphoric acid groups is 2. The van der Waals surface area contributed by atoms with Gasteiger partial charge in [-0.2, -0.15) is 0 Å².